The van der Waals surface area contributed by atoms with Gasteiger partial charge in [-0.05, 0) is 30.5 Å². The summed E-state index contributed by atoms with van der Waals surface area (Å²) in [7, 11) is -3.69. The van der Waals surface area contributed by atoms with Gasteiger partial charge in [0.25, 0.3) is 0 Å². The van der Waals surface area contributed by atoms with Crippen LogP contribution in [0.2, 0.25) is 0 Å². The summed E-state index contributed by atoms with van der Waals surface area (Å²) in [6, 6.07) is 5.26. The van der Waals surface area contributed by atoms with E-state index in [0.717, 1.165) is 6.07 Å². The first-order valence-electron chi connectivity index (χ1n) is 6.73. The lowest BCUT2D eigenvalue weighted by molar-refractivity contribution is 0.0696. The quantitative estimate of drug-likeness (QED) is 0.677. The number of nitrogens with one attached hydrogen (secondary N) is 1. The molecule has 7 heteroatoms. The van der Waals surface area contributed by atoms with Crippen LogP contribution in [0, 0.1) is 5.92 Å². The van der Waals surface area contributed by atoms with Crippen LogP contribution in [0.25, 0.3) is 0 Å². The zero-order chi connectivity index (χ0) is 15.9. The number of rotatable bonds is 9. The van der Waals surface area contributed by atoms with Gasteiger partial charge in [0.1, 0.15) is 0 Å². The van der Waals surface area contributed by atoms with Crippen molar-refractivity contribution in [3.05, 3.63) is 29.8 Å². The summed E-state index contributed by atoms with van der Waals surface area (Å²) in [6.45, 7) is 5.46. The van der Waals surface area contributed by atoms with Crippen LogP contribution in [0.4, 0.5) is 0 Å². The van der Waals surface area contributed by atoms with Crippen LogP contribution in [0.5, 0.6) is 0 Å². The van der Waals surface area contributed by atoms with Gasteiger partial charge < -0.3 is 9.84 Å². The molecule has 0 saturated carbocycles. The van der Waals surface area contributed by atoms with Gasteiger partial charge in [-0.2, -0.15) is 0 Å². The molecule has 0 spiro atoms. The molecule has 0 radical (unpaired) electrons. The zero-order valence-electron chi connectivity index (χ0n) is 12.2. The highest BCUT2D eigenvalue weighted by Crippen LogP contribution is 2.11. The van der Waals surface area contributed by atoms with Gasteiger partial charge in [0.05, 0.1) is 10.5 Å². The fourth-order valence-corrected chi connectivity index (χ4v) is 2.70. The van der Waals surface area contributed by atoms with E-state index in [1.54, 1.807) is 0 Å². The number of sulfonamides is 1. The standard InChI is InChI=1S/C14H21NO5S/c1-11(2)10-20-8-4-7-15-21(18,19)13-6-3-5-12(9-13)14(16)17/h3,5-6,9,11,15H,4,7-8,10H2,1-2H3,(H,16,17). The van der Waals surface area contributed by atoms with Crippen molar-refractivity contribution in [2.24, 2.45) is 5.92 Å². The Bertz CT molecular complexity index is 568. The fraction of sp³-hybridized carbons (Fsp3) is 0.500. The van der Waals surface area contributed by atoms with Gasteiger partial charge in [-0.25, -0.2) is 17.9 Å². The SMILES string of the molecule is CC(C)COCCCNS(=O)(=O)c1cccc(C(=O)O)c1. The molecule has 1 aromatic carbocycles. The highest BCUT2D eigenvalue weighted by Gasteiger charge is 2.15. The molecule has 0 atom stereocenters. The van der Waals surface area contributed by atoms with Crippen molar-refractivity contribution < 1.29 is 23.1 Å². The second-order valence-corrected chi connectivity index (χ2v) is 6.82. The summed E-state index contributed by atoms with van der Waals surface area (Å²) in [5.41, 5.74) is -0.0573. The second-order valence-electron chi connectivity index (χ2n) is 5.05. The molecule has 0 unspecified atom stereocenters. The lowest BCUT2D eigenvalue weighted by atomic mass is 10.2. The molecule has 0 aliphatic rings. The molecular weight excluding hydrogens is 294 g/mol. The van der Waals surface area contributed by atoms with E-state index in [2.05, 4.69) is 4.72 Å². The molecule has 0 heterocycles. The Morgan fingerprint density at radius 2 is 2.10 bits per heavy atom. The topological polar surface area (TPSA) is 92.7 Å². The first kappa shape index (κ1) is 17.6. The highest BCUT2D eigenvalue weighted by molar-refractivity contribution is 7.89. The Morgan fingerprint density at radius 3 is 2.71 bits per heavy atom. The lowest BCUT2D eigenvalue weighted by Crippen LogP contribution is -2.26. The van der Waals surface area contributed by atoms with Crippen molar-refractivity contribution in [2.45, 2.75) is 25.2 Å². The van der Waals surface area contributed by atoms with Gasteiger partial charge in [-0.15, -0.1) is 0 Å². The first-order valence-corrected chi connectivity index (χ1v) is 8.22. The van der Waals surface area contributed by atoms with Crippen LogP contribution in [0.1, 0.15) is 30.6 Å². The highest BCUT2D eigenvalue weighted by atomic mass is 32.2. The van der Waals surface area contributed by atoms with E-state index in [1.165, 1.54) is 18.2 Å². The van der Waals surface area contributed by atoms with Crippen LogP contribution >= 0.6 is 0 Å². The minimum atomic E-state index is -3.69. The number of hydrogen-bond acceptors (Lipinski definition) is 4. The molecule has 1 rings (SSSR count). The van der Waals surface area contributed by atoms with Crippen LogP contribution in [-0.4, -0.2) is 39.3 Å². The van der Waals surface area contributed by atoms with E-state index in [1.807, 2.05) is 13.8 Å². The van der Waals surface area contributed by atoms with E-state index in [9.17, 15) is 13.2 Å². The minimum absolute atomic E-state index is 0.0505. The van der Waals surface area contributed by atoms with Crippen molar-refractivity contribution in [2.75, 3.05) is 19.8 Å². The summed E-state index contributed by atoms with van der Waals surface area (Å²) in [5.74, 6) is -0.713. The molecule has 6 nitrogen and oxygen atoms in total. The van der Waals surface area contributed by atoms with Crippen molar-refractivity contribution in [1.29, 1.82) is 0 Å². The molecule has 0 amide bonds. The number of hydrogen-bond donors (Lipinski definition) is 2. The van der Waals surface area contributed by atoms with Crippen LogP contribution in [-0.2, 0) is 14.8 Å². The lowest BCUT2D eigenvalue weighted by Gasteiger charge is -2.09. The minimum Gasteiger partial charge on any atom is -0.478 e. The van der Waals surface area contributed by atoms with E-state index in [-0.39, 0.29) is 17.0 Å². The number of carboxylic acid groups (broad SMARTS) is 1. The fourth-order valence-electron chi connectivity index (χ4n) is 1.58. The number of aromatic carboxylic acids is 1. The maximum absolute atomic E-state index is 12.0. The van der Waals surface area contributed by atoms with E-state index < -0.39 is 16.0 Å². The summed E-state index contributed by atoms with van der Waals surface area (Å²) >= 11 is 0. The summed E-state index contributed by atoms with van der Waals surface area (Å²) in [5, 5.41) is 8.86. The van der Waals surface area contributed by atoms with E-state index in [4.69, 9.17) is 9.84 Å². The molecular formula is C14H21NO5S. The third-order valence-electron chi connectivity index (χ3n) is 2.60. The Morgan fingerprint density at radius 1 is 1.38 bits per heavy atom. The van der Waals surface area contributed by atoms with Crippen molar-refractivity contribution in [1.82, 2.24) is 4.72 Å². The van der Waals surface area contributed by atoms with Crippen LogP contribution in [0.3, 0.4) is 0 Å². The number of carboxylic acids is 1. The molecule has 1 aromatic rings. The molecule has 118 valence electrons. The molecule has 0 bridgehead atoms. The first-order chi connectivity index (χ1) is 9.83. The number of ether oxygens (including phenoxy) is 1. The molecule has 0 aliphatic carbocycles. The average Bonchev–Trinajstić information content (AvgIpc) is 2.42. The monoisotopic (exact) mass is 315 g/mol. The zero-order valence-corrected chi connectivity index (χ0v) is 13.0. The van der Waals surface area contributed by atoms with E-state index in [0.29, 0.717) is 25.6 Å². The normalized spacial score (nSPS) is 11.8. The Labute approximate surface area is 125 Å². The van der Waals surface area contributed by atoms with Gasteiger partial charge in [0.2, 0.25) is 10.0 Å². The predicted octanol–water partition coefficient (Wildman–Crippen LogP) is 1.73. The average molecular weight is 315 g/mol. The van der Waals surface area contributed by atoms with Gasteiger partial charge in [0, 0.05) is 19.8 Å². The van der Waals surface area contributed by atoms with Crippen molar-refractivity contribution in [3.8, 4) is 0 Å². The second kappa shape index (κ2) is 8.11. The van der Waals surface area contributed by atoms with Crippen LogP contribution in [0.15, 0.2) is 29.2 Å². The smallest absolute Gasteiger partial charge is 0.335 e. The van der Waals surface area contributed by atoms with Gasteiger partial charge in [-0.3, -0.25) is 0 Å². The van der Waals surface area contributed by atoms with Crippen molar-refractivity contribution >= 4 is 16.0 Å². The molecule has 0 aromatic heterocycles. The summed E-state index contributed by atoms with van der Waals surface area (Å²) in [4.78, 5) is 10.8. The van der Waals surface area contributed by atoms with Gasteiger partial charge in [-0.1, -0.05) is 19.9 Å². The van der Waals surface area contributed by atoms with E-state index >= 15 is 0 Å². The molecule has 2 N–H and O–H groups in total. The summed E-state index contributed by atoms with van der Waals surface area (Å²) < 4.78 is 31.8. The molecule has 0 fully saturated rings. The Kier molecular flexibility index (Phi) is 6.80. The third kappa shape index (κ3) is 6.24. The molecule has 0 saturated heterocycles. The maximum Gasteiger partial charge on any atom is 0.335 e. The maximum atomic E-state index is 12.0. The predicted molar refractivity (Wildman–Crippen MR) is 78.9 cm³/mol. The third-order valence-corrected chi connectivity index (χ3v) is 4.06. The van der Waals surface area contributed by atoms with Crippen molar-refractivity contribution in [3.63, 3.8) is 0 Å². The number of benzene rings is 1. The molecule has 21 heavy (non-hydrogen) atoms. The van der Waals surface area contributed by atoms with Gasteiger partial charge in [0.15, 0.2) is 0 Å². The Hall–Kier alpha value is -1.44. The molecule has 0 aliphatic heterocycles. The largest absolute Gasteiger partial charge is 0.478 e. The van der Waals surface area contributed by atoms with Gasteiger partial charge >= 0.3 is 5.97 Å². The number of carbonyl (C=O) groups is 1. The Balaban J connectivity index is 2.50. The summed E-state index contributed by atoms with van der Waals surface area (Å²) in [6.07, 6.45) is 0.560. The van der Waals surface area contributed by atoms with Crippen LogP contribution < -0.4 is 4.72 Å².